The van der Waals surface area contributed by atoms with Gasteiger partial charge >= 0.3 is 0 Å². The molecule has 0 fully saturated rings. The Morgan fingerprint density at radius 2 is 2.17 bits per heavy atom. The Bertz CT molecular complexity index is 454. The first-order valence-electron chi connectivity index (χ1n) is 5.78. The highest BCUT2D eigenvalue weighted by molar-refractivity contribution is 5.63. The molecule has 0 unspecified atom stereocenters. The smallest absolute Gasteiger partial charge is 0.246 e. The molecule has 5 heteroatoms. The van der Waals surface area contributed by atoms with Crippen LogP contribution in [-0.4, -0.2) is 18.6 Å². The van der Waals surface area contributed by atoms with Gasteiger partial charge in [-0.1, -0.05) is 19.1 Å². The van der Waals surface area contributed by atoms with E-state index < -0.39 is 0 Å². The minimum atomic E-state index is -0.382. The molecule has 0 atom stereocenters. The van der Waals surface area contributed by atoms with E-state index in [-0.39, 0.29) is 10.6 Å². The number of allylic oxidation sites excluding steroid dienone is 1. The molecule has 0 aliphatic heterocycles. The van der Waals surface area contributed by atoms with Crippen LogP contribution in [0.15, 0.2) is 23.9 Å². The lowest BCUT2D eigenvalue weighted by molar-refractivity contribution is -0.425. The summed E-state index contributed by atoms with van der Waals surface area (Å²) in [6, 6.07) is 5.32. The minimum Gasteiger partial charge on any atom is -0.492 e. The van der Waals surface area contributed by atoms with Crippen LogP contribution >= 0.6 is 0 Å². The largest absolute Gasteiger partial charge is 0.492 e. The molecular weight excluding hydrogens is 234 g/mol. The molecule has 1 aromatic rings. The van der Waals surface area contributed by atoms with Gasteiger partial charge in [-0.05, 0) is 13.0 Å². The van der Waals surface area contributed by atoms with Crippen molar-refractivity contribution in [3.05, 3.63) is 39.6 Å². The maximum atomic E-state index is 10.8. The lowest BCUT2D eigenvalue weighted by atomic mass is 10.1. The second-order valence-corrected chi connectivity index (χ2v) is 3.56. The average molecular weight is 251 g/mol. The van der Waals surface area contributed by atoms with Crippen molar-refractivity contribution in [3.8, 4) is 11.5 Å². The lowest BCUT2D eigenvalue weighted by Gasteiger charge is -2.11. The molecule has 0 aliphatic carbocycles. The number of para-hydroxylation sites is 1. The van der Waals surface area contributed by atoms with Gasteiger partial charge in [0.2, 0.25) is 5.70 Å². The van der Waals surface area contributed by atoms with E-state index >= 15 is 0 Å². The Morgan fingerprint density at radius 3 is 2.67 bits per heavy atom. The Hall–Kier alpha value is -2.04. The Morgan fingerprint density at radius 1 is 1.44 bits per heavy atom. The van der Waals surface area contributed by atoms with Gasteiger partial charge in [0, 0.05) is 18.1 Å². The molecule has 0 spiro atoms. The molecule has 1 rings (SSSR count). The van der Waals surface area contributed by atoms with Gasteiger partial charge < -0.3 is 9.47 Å². The Balaban J connectivity index is 3.23. The number of nitrogens with zero attached hydrogens (tertiary/aromatic N) is 1. The van der Waals surface area contributed by atoms with Crippen LogP contribution in [0.4, 0.5) is 0 Å². The Labute approximate surface area is 106 Å². The summed E-state index contributed by atoms with van der Waals surface area (Å²) in [5.74, 6) is 1.11. The molecule has 0 saturated heterocycles. The van der Waals surface area contributed by atoms with Crippen molar-refractivity contribution in [2.24, 2.45) is 0 Å². The molecule has 0 radical (unpaired) electrons. The quantitative estimate of drug-likeness (QED) is 0.575. The SMILES string of the molecule is CCOc1cccc(C=C(CC)[N+](=O)[O-])c1OC. The molecule has 98 valence electrons. The zero-order valence-corrected chi connectivity index (χ0v) is 10.8. The second kappa shape index (κ2) is 6.64. The zero-order valence-electron chi connectivity index (χ0n) is 10.8. The molecule has 0 aromatic heterocycles. The predicted octanol–water partition coefficient (Wildman–Crippen LogP) is 3.12. The number of hydrogen-bond acceptors (Lipinski definition) is 4. The van der Waals surface area contributed by atoms with Crippen molar-refractivity contribution >= 4 is 6.08 Å². The third-order valence-electron chi connectivity index (χ3n) is 2.43. The van der Waals surface area contributed by atoms with Gasteiger partial charge in [0.25, 0.3) is 0 Å². The van der Waals surface area contributed by atoms with Crippen LogP contribution in [0.25, 0.3) is 6.08 Å². The third kappa shape index (κ3) is 3.23. The first kappa shape index (κ1) is 14.0. The summed E-state index contributed by atoms with van der Waals surface area (Å²) >= 11 is 0. The van der Waals surface area contributed by atoms with Gasteiger partial charge in [0.1, 0.15) is 0 Å². The molecule has 0 heterocycles. The van der Waals surface area contributed by atoms with Gasteiger partial charge in [-0.25, -0.2) is 0 Å². The van der Waals surface area contributed by atoms with E-state index in [2.05, 4.69) is 0 Å². The van der Waals surface area contributed by atoms with E-state index in [4.69, 9.17) is 9.47 Å². The first-order valence-corrected chi connectivity index (χ1v) is 5.78. The van der Waals surface area contributed by atoms with Crippen LogP contribution < -0.4 is 9.47 Å². The van der Waals surface area contributed by atoms with E-state index in [1.54, 1.807) is 25.1 Å². The normalized spacial score (nSPS) is 11.2. The van der Waals surface area contributed by atoms with Gasteiger partial charge in [-0.2, -0.15) is 0 Å². The van der Waals surface area contributed by atoms with Crippen molar-refractivity contribution < 1.29 is 14.4 Å². The molecule has 0 aliphatic rings. The average Bonchev–Trinajstić information content (AvgIpc) is 2.36. The molecule has 0 bridgehead atoms. The van der Waals surface area contributed by atoms with Crippen LogP contribution in [0.2, 0.25) is 0 Å². The van der Waals surface area contributed by atoms with Crippen LogP contribution in [0, 0.1) is 10.1 Å². The summed E-state index contributed by atoms with van der Waals surface area (Å²) in [4.78, 5) is 10.4. The summed E-state index contributed by atoms with van der Waals surface area (Å²) in [5.41, 5.74) is 0.791. The number of benzene rings is 1. The molecule has 0 saturated carbocycles. The highest BCUT2D eigenvalue weighted by atomic mass is 16.6. The number of ether oxygens (including phenoxy) is 2. The summed E-state index contributed by atoms with van der Waals surface area (Å²) in [5, 5.41) is 10.8. The van der Waals surface area contributed by atoms with Crippen LogP contribution in [0.3, 0.4) is 0 Å². The van der Waals surface area contributed by atoms with E-state index in [0.717, 1.165) is 0 Å². The summed E-state index contributed by atoms with van der Waals surface area (Å²) in [6.07, 6.45) is 1.87. The van der Waals surface area contributed by atoms with Crippen LogP contribution in [0.5, 0.6) is 11.5 Å². The standard InChI is InChI=1S/C13H17NO4/c1-4-11(14(15)16)9-10-7-6-8-12(18-5-2)13(10)17-3/h6-9H,4-5H2,1-3H3. The fourth-order valence-electron chi connectivity index (χ4n) is 1.60. The Kier molecular flexibility index (Phi) is 5.17. The summed E-state index contributed by atoms with van der Waals surface area (Å²) in [6.45, 7) is 4.13. The summed E-state index contributed by atoms with van der Waals surface area (Å²) in [7, 11) is 1.52. The van der Waals surface area contributed by atoms with Gasteiger partial charge in [-0.3, -0.25) is 10.1 Å². The number of rotatable bonds is 6. The highest BCUT2D eigenvalue weighted by Gasteiger charge is 2.13. The van der Waals surface area contributed by atoms with Crippen molar-refractivity contribution in [2.45, 2.75) is 20.3 Å². The van der Waals surface area contributed by atoms with Gasteiger partial charge in [0.05, 0.1) is 18.6 Å². The monoisotopic (exact) mass is 251 g/mol. The number of nitro groups is 1. The van der Waals surface area contributed by atoms with Crippen LogP contribution in [-0.2, 0) is 0 Å². The molecule has 1 aromatic carbocycles. The second-order valence-electron chi connectivity index (χ2n) is 3.56. The molecular formula is C13H17NO4. The molecule has 0 amide bonds. The fraction of sp³-hybridized carbons (Fsp3) is 0.385. The minimum absolute atomic E-state index is 0.141. The lowest BCUT2D eigenvalue weighted by Crippen LogP contribution is -1.99. The fourth-order valence-corrected chi connectivity index (χ4v) is 1.60. The molecule has 5 nitrogen and oxygen atoms in total. The first-order chi connectivity index (χ1) is 8.63. The van der Waals surface area contributed by atoms with Crippen molar-refractivity contribution in [3.63, 3.8) is 0 Å². The van der Waals surface area contributed by atoms with Crippen molar-refractivity contribution in [1.82, 2.24) is 0 Å². The summed E-state index contributed by atoms with van der Waals surface area (Å²) < 4.78 is 10.7. The molecule has 0 N–H and O–H groups in total. The number of methoxy groups -OCH3 is 1. The van der Waals surface area contributed by atoms with Gasteiger partial charge in [0.15, 0.2) is 11.5 Å². The maximum absolute atomic E-state index is 10.8. The third-order valence-corrected chi connectivity index (χ3v) is 2.43. The zero-order chi connectivity index (χ0) is 13.5. The van der Waals surface area contributed by atoms with Crippen molar-refractivity contribution in [2.75, 3.05) is 13.7 Å². The van der Waals surface area contributed by atoms with E-state index in [0.29, 0.717) is 30.1 Å². The topological polar surface area (TPSA) is 61.6 Å². The maximum Gasteiger partial charge on any atom is 0.246 e. The van der Waals surface area contributed by atoms with Crippen LogP contribution in [0.1, 0.15) is 25.8 Å². The predicted molar refractivity (Wildman–Crippen MR) is 69.4 cm³/mol. The molecule has 18 heavy (non-hydrogen) atoms. The highest BCUT2D eigenvalue weighted by Crippen LogP contribution is 2.32. The van der Waals surface area contributed by atoms with E-state index in [1.165, 1.54) is 13.2 Å². The number of hydrogen-bond donors (Lipinski definition) is 0. The van der Waals surface area contributed by atoms with E-state index in [9.17, 15) is 10.1 Å². The van der Waals surface area contributed by atoms with Gasteiger partial charge in [-0.15, -0.1) is 0 Å². The van der Waals surface area contributed by atoms with Crippen molar-refractivity contribution in [1.29, 1.82) is 0 Å². The van der Waals surface area contributed by atoms with E-state index in [1.807, 2.05) is 6.92 Å².